The van der Waals surface area contributed by atoms with Gasteiger partial charge in [-0.25, -0.2) is 9.78 Å². The van der Waals surface area contributed by atoms with Gasteiger partial charge < -0.3 is 19.5 Å². The zero-order chi connectivity index (χ0) is 19.6. The second kappa shape index (κ2) is 7.84. The van der Waals surface area contributed by atoms with Crippen molar-refractivity contribution in [3.8, 4) is 17.4 Å². The van der Waals surface area contributed by atoms with Crippen LogP contribution in [0.5, 0.6) is 17.4 Å². The van der Waals surface area contributed by atoms with Gasteiger partial charge >= 0.3 is 5.97 Å². The molecule has 0 bridgehead atoms. The molecule has 0 saturated carbocycles. The molecule has 2 aromatic rings. The molecule has 27 heavy (non-hydrogen) atoms. The van der Waals surface area contributed by atoms with Gasteiger partial charge in [0, 0.05) is 25.4 Å². The van der Waals surface area contributed by atoms with Gasteiger partial charge in [0.1, 0.15) is 16.5 Å². The standard InChI is InChI=1S/C19H19ClN2O5/c1-11(2)26-14-6-12(19(24)25)7-15(9-14)27-17-16(20)8-13(10-21-17)18(23)22-4-3-5-22/h6-11H,3-5H2,1-2H3,(H,24,25). The van der Waals surface area contributed by atoms with Crippen molar-refractivity contribution >= 4 is 23.5 Å². The highest BCUT2D eigenvalue weighted by atomic mass is 35.5. The number of carbonyl (C=O) groups excluding carboxylic acids is 1. The minimum absolute atomic E-state index is 0.0175. The van der Waals surface area contributed by atoms with Crippen LogP contribution in [0.25, 0.3) is 0 Å². The third kappa shape index (κ3) is 4.49. The Bertz CT molecular complexity index is 880. The topological polar surface area (TPSA) is 89.0 Å². The highest BCUT2D eigenvalue weighted by molar-refractivity contribution is 6.32. The van der Waals surface area contributed by atoms with Gasteiger partial charge in [0.2, 0.25) is 5.88 Å². The molecular formula is C19H19ClN2O5. The van der Waals surface area contributed by atoms with Crippen LogP contribution in [-0.2, 0) is 0 Å². The monoisotopic (exact) mass is 390 g/mol. The van der Waals surface area contributed by atoms with Gasteiger partial charge in [0.25, 0.3) is 5.91 Å². The number of rotatable bonds is 6. The van der Waals surface area contributed by atoms with Crippen LogP contribution in [-0.4, -0.2) is 46.1 Å². The van der Waals surface area contributed by atoms with Crippen molar-refractivity contribution in [2.24, 2.45) is 0 Å². The first kappa shape index (κ1) is 19.0. The lowest BCUT2D eigenvalue weighted by Gasteiger charge is -2.30. The van der Waals surface area contributed by atoms with Crippen LogP contribution < -0.4 is 9.47 Å². The first-order chi connectivity index (χ1) is 12.8. The second-order valence-corrected chi connectivity index (χ2v) is 6.83. The number of benzene rings is 1. The summed E-state index contributed by atoms with van der Waals surface area (Å²) in [6.07, 6.45) is 2.26. The summed E-state index contributed by atoms with van der Waals surface area (Å²) in [7, 11) is 0. The van der Waals surface area contributed by atoms with Crippen molar-refractivity contribution in [3.05, 3.63) is 46.6 Å². The first-order valence-corrected chi connectivity index (χ1v) is 8.89. The molecule has 1 aromatic heterocycles. The van der Waals surface area contributed by atoms with Crippen LogP contribution in [0.2, 0.25) is 5.02 Å². The predicted molar refractivity (Wildman–Crippen MR) is 99.0 cm³/mol. The summed E-state index contributed by atoms with van der Waals surface area (Å²) in [4.78, 5) is 29.4. The Morgan fingerprint density at radius 2 is 1.85 bits per heavy atom. The van der Waals surface area contributed by atoms with Gasteiger partial charge in [-0.2, -0.15) is 0 Å². The summed E-state index contributed by atoms with van der Waals surface area (Å²) >= 11 is 6.21. The van der Waals surface area contributed by atoms with Gasteiger partial charge in [0.05, 0.1) is 17.2 Å². The second-order valence-electron chi connectivity index (χ2n) is 6.42. The molecule has 1 aromatic carbocycles. The predicted octanol–water partition coefficient (Wildman–Crippen LogP) is 3.86. The lowest BCUT2D eigenvalue weighted by Crippen LogP contribution is -2.42. The van der Waals surface area contributed by atoms with Crippen LogP contribution in [0.4, 0.5) is 0 Å². The van der Waals surface area contributed by atoms with Crippen molar-refractivity contribution in [2.45, 2.75) is 26.4 Å². The number of ether oxygens (including phenoxy) is 2. The average Bonchev–Trinajstić information content (AvgIpc) is 2.54. The molecule has 8 heteroatoms. The molecule has 3 rings (SSSR count). The van der Waals surface area contributed by atoms with E-state index in [2.05, 4.69) is 4.98 Å². The van der Waals surface area contributed by atoms with Crippen LogP contribution >= 0.6 is 11.6 Å². The minimum atomic E-state index is -1.11. The summed E-state index contributed by atoms with van der Waals surface area (Å²) in [5, 5.41) is 9.43. The largest absolute Gasteiger partial charge is 0.491 e. The Hall–Kier alpha value is -2.80. The summed E-state index contributed by atoms with van der Waals surface area (Å²) in [6, 6.07) is 5.83. The highest BCUT2D eigenvalue weighted by Gasteiger charge is 2.23. The number of amides is 1. The van der Waals surface area contributed by atoms with Gasteiger partial charge in [-0.05, 0) is 38.5 Å². The average molecular weight is 391 g/mol. The Morgan fingerprint density at radius 3 is 2.41 bits per heavy atom. The van der Waals surface area contributed by atoms with Crippen molar-refractivity contribution < 1.29 is 24.2 Å². The minimum Gasteiger partial charge on any atom is -0.491 e. The van der Waals surface area contributed by atoms with E-state index in [-0.39, 0.29) is 34.2 Å². The number of likely N-dealkylation sites (tertiary alicyclic amines) is 1. The molecule has 1 N–H and O–H groups in total. The highest BCUT2D eigenvalue weighted by Crippen LogP contribution is 2.31. The first-order valence-electron chi connectivity index (χ1n) is 8.51. The number of aromatic nitrogens is 1. The fraction of sp³-hybridized carbons (Fsp3) is 0.316. The lowest BCUT2D eigenvalue weighted by atomic mass is 10.1. The van der Waals surface area contributed by atoms with Crippen LogP contribution in [0.15, 0.2) is 30.5 Å². The van der Waals surface area contributed by atoms with Crippen LogP contribution in [0, 0.1) is 0 Å². The maximum absolute atomic E-state index is 12.2. The maximum atomic E-state index is 12.2. The Morgan fingerprint density at radius 1 is 1.15 bits per heavy atom. The Kier molecular flexibility index (Phi) is 5.51. The summed E-state index contributed by atoms with van der Waals surface area (Å²) in [5.41, 5.74) is 0.402. The molecule has 7 nitrogen and oxygen atoms in total. The van der Waals surface area contributed by atoms with Gasteiger partial charge in [-0.3, -0.25) is 4.79 Å². The number of pyridine rings is 1. The van der Waals surface area contributed by atoms with Crippen molar-refractivity contribution in [1.29, 1.82) is 0 Å². The number of nitrogens with zero attached hydrogens (tertiary/aromatic N) is 2. The molecule has 0 atom stereocenters. The molecule has 142 valence electrons. The van der Waals surface area contributed by atoms with Crippen molar-refractivity contribution in [1.82, 2.24) is 9.88 Å². The molecule has 1 aliphatic rings. The molecular weight excluding hydrogens is 372 g/mol. The van der Waals surface area contributed by atoms with Crippen LogP contribution in [0.3, 0.4) is 0 Å². The van der Waals surface area contributed by atoms with Gasteiger partial charge in [-0.15, -0.1) is 0 Å². The molecule has 1 saturated heterocycles. The number of hydrogen-bond donors (Lipinski definition) is 1. The summed E-state index contributed by atoms with van der Waals surface area (Å²) in [5.74, 6) is -0.566. The number of carboxylic acid groups (broad SMARTS) is 1. The lowest BCUT2D eigenvalue weighted by molar-refractivity contribution is 0.0649. The molecule has 1 amide bonds. The summed E-state index contributed by atoms with van der Waals surface area (Å²) in [6.45, 7) is 5.13. The van der Waals surface area contributed by atoms with Gasteiger partial charge in [0.15, 0.2) is 0 Å². The maximum Gasteiger partial charge on any atom is 0.335 e. The van der Waals surface area contributed by atoms with E-state index in [1.807, 2.05) is 13.8 Å². The molecule has 1 fully saturated rings. The molecule has 0 unspecified atom stereocenters. The number of halogens is 1. The molecule has 2 heterocycles. The number of carbonyl (C=O) groups is 2. The summed E-state index contributed by atoms with van der Waals surface area (Å²) < 4.78 is 11.2. The third-order valence-electron chi connectivity index (χ3n) is 3.91. The zero-order valence-corrected chi connectivity index (χ0v) is 15.7. The third-order valence-corrected chi connectivity index (χ3v) is 4.18. The molecule has 1 aliphatic heterocycles. The van der Waals surface area contributed by atoms with E-state index in [0.29, 0.717) is 11.3 Å². The van der Waals surface area contributed by atoms with E-state index in [0.717, 1.165) is 19.5 Å². The smallest absolute Gasteiger partial charge is 0.335 e. The number of aromatic carboxylic acids is 1. The quantitative estimate of drug-likeness (QED) is 0.805. The van der Waals surface area contributed by atoms with E-state index >= 15 is 0 Å². The number of hydrogen-bond acceptors (Lipinski definition) is 5. The van der Waals surface area contributed by atoms with E-state index in [1.54, 1.807) is 11.0 Å². The van der Waals surface area contributed by atoms with Crippen LogP contribution in [0.1, 0.15) is 41.0 Å². The van der Waals surface area contributed by atoms with Crippen molar-refractivity contribution in [2.75, 3.05) is 13.1 Å². The Labute approximate surface area is 161 Å². The fourth-order valence-corrected chi connectivity index (χ4v) is 2.73. The molecule has 0 radical (unpaired) electrons. The fourth-order valence-electron chi connectivity index (χ4n) is 2.53. The zero-order valence-electron chi connectivity index (χ0n) is 14.9. The molecule has 0 aliphatic carbocycles. The van der Waals surface area contributed by atoms with E-state index in [1.165, 1.54) is 24.4 Å². The van der Waals surface area contributed by atoms with E-state index < -0.39 is 5.97 Å². The number of carboxylic acids is 1. The van der Waals surface area contributed by atoms with E-state index in [4.69, 9.17) is 21.1 Å². The SMILES string of the molecule is CC(C)Oc1cc(Oc2ncc(C(=O)N3CCC3)cc2Cl)cc(C(=O)O)c1. The van der Waals surface area contributed by atoms with Gasteiger partial charge in [-0.1, -0.05) is 11.6 Å². The van der Waals surface area contributed by atoms with E-state index in [9.17, 15) is 14.7 Å². The Balaban J connectivity index is 1.84. The normalized spacial score (nSPS) is 13.3. The molecule has 0 spiro atoms. The van der Waals surface area contributed by atoms with Crippen molar-refractivity contribution in [3.63, 3.8) is 0 Å².